The molecule has 0 saturated heterocycles. The average molecular weight is 522 g/mol. The summed E-state index contributed by atoms with van der Waals surface area (Å²) in [7, 11) is 0. The van der Waals surface area contributed by atoms with Crippen LogP contribution in [-0.4, -0.2) is 4.98 Å². The molecule has 0 amide bonds. The normalized spacial score (nSPS) is 15.9. The van der Waals surface area contributed by atoms with Crippen molar-refractivity contribution in [2.75, 3.05) is 0 Å². The lowest BCUT2D eigenvalue weighted by atomic mass is 9.77. The standard InChI is InChI=1S/C19H30.C17H15N.C2H6/c1-4-17(15-19(3)13-5-6-14-19)11-12-18-9-7-16(2)8-10-18;1-12-5-3-7-14-11-15(9-10-16(12)14)17-8-4-6-13(2)18-17;1-2/h7-10,17H,4-6,11-15H2,1-3H3;3-4,6-11H,1,5H2,2H3;1-2H3. The lowest BCUT2D eigenvalue weighted by Crippen LogP contribution is -2.17. The second kappa shape index (κ2) is 15.0. The summed E-state index contributed by atoms with van der Waals surface area (Å²) in [6.07, 6.45) is 16.6. The molecule has 1 nitrogen and oxygen atoms in total. The van der Waals surface area contributed by atoms with Crippen molar-refractivity contribution in [2.24, 2.45) is 11.3 Å². The molecule has 1 aromatic heterocycles. The maximum Gasteiger partial charge on any atom is 0.0705 e. The molecule has 1 fully saturated rings. The van der Waals surface area contributed by atoms with E-state index in [-0.39, 0.29) is 0 Å². The Hall–Kier alpha value is -2.93. The van der Waals surface area contributed by atoms with Gasteiger partial charge in [-0.1, -0.05) is 114 Å². The Balaban J connectivity index is 0.000000203. The monoisotopic (exact) mass is 521 g/mol. The molecule has 3 aromatic rings. The van der Waals surface area contributed by atoms with E-state index in [1.165, 1.54) is 79.2 Å². The summed E-state index contributed by atoms with van der Waals surface area (Å²) in [5.41, 5.74) is 10.5. The Labute approximate surface area is 239 Å². The maximum atomic E-state index is 4.56. The van der Waals surface area contributed by atoms with Gasteiger partial charge in [-0.05, 0) is 104 Å². The van der Waals surface area contributed by atoms with E-state index in [1.54, 1.807) is 0 Å². The van der Waals surface area contributed by atoms with Gasteiger partial charge in [0.25, 0.3) is 0 Å². The molecule has 1 heteroatoms. The Bertz CT molecular complexity index is 1210. The molecule has 0 bridgehead atoms. The first-order valence-electron chi connectivity index (χ1n) is 15.3. The molecule has 1 saturated carbocycles. The molecule has 2 aliphatic rings. The predicted octanol–water partition coefficient (Wildman–Crippen LogP) is 11.4. The second-order valence-corrected chi connectivity index (χ2v) is 11.7. The highest BCUT2D eigenvalue weighted by molar-refractivity contribution is 5.80. The highest BCUT2D eigenvalue weighted by Crippen LogP contribution is 2.44. The highest BCUT2D eigenvalue weighted by Gasteiger charge is 2.30. The zero-order valence-corrected chi connectivity index (χ0v) is 25.5. The van der Waals surface area contributed by atoms with Gasteiger partial charge in [-0.25, -0.2) is 0 Å². The van der Waals surface area contributed by atoms with Crippen molar-refractivity contribution in [1.29, 1.82) is 0 Å². The van der Waals surface area contributed by atoms with Gasteiger partial charge in [-0.3, -0.25) is 4.98 Å². The number of aryl methyl sites for hydroxylation is 3. The lowest BCUT2D eigenvalue weighted by Gasteiger charge is -2.29. The van der Waals surface area contributed by atoms with Gasteiger partial charge in [0.05, 0.1) is 5.69 Å². The molecule has 39 heavy (non-hydrogen) atoms. The number of benzene rings is 2. The fraction of sp³-hybridized carbons (Fsp3) is 0.447. The third kappa shape index (κ3) is 9.06. The van der Waals surface area contributed by atoms with Gasteiger partial charge in [0, 0.05) is 11.3 Å². The van der Waals surface area contributed by atoms with Crippen LogP contribution in [0.25, 0.3) is 22.9 Å². The van der Waals surface area contributed by atoms with E-state index in [2.05, 4.69) is 93.0 Å². The largest absolute Gasteiger partial charge is 0.253 e. The summed E-state index contributed by atoms with van der Waals surface area (Å²) in [6.45, 7) is 17.2. The minimum Gasteiger partial charge on any atom is -0.253 e. The molecular weight excluding hydrogens is 470 g/mol. The summed E-state index contributed by atoms with van der Waals surface area (Å²) in [5, 5.41) is 0. The summed E-state index contributed by atoms with van der Waals surface area (Å²) < 4.78 is 0. The van der Waals surface area contributed by atoms with E-state index in [0.717, 1.165) is 29.3 Å². The van der Waals surface area contributed by atoms with Crippen LogP contribution < -0.4 is 0 Å². The van der Waals surface area contributed by atoms with Gasteiger partial charge in [-0.15, -0.1) is 0 Å². The van der Waals surface area contributed by atoms with E-state index in [9.17, 15) is 0 Å². The third-order valence-electron chi connectivity index (χ3n) is 8.41. The van der Waals surface area contributed by atoms with Crippen molar-refractivity contribution >= 4 is 11.6 Å². The van der Waals surface area contributed by atoms with E-state index in [1.807, 2.05) is 32.9 Å². The summed E-state index contributed by atoms with van der Waals surface area (Å²) in [4.78, 5) is 4.56. The number of rotatable bonds is 7. The van der Waals surface area contributed by atoms with Crippen molar-refractivity contribution in [2.45, 2.75) is 99.3 Å². The number of hydrogen-bond donors (Lipinski definition) is 0. The van der Waals surface area contributed by atoms with Crippen LogP contribution in [-0.2, 0) is 6.42 Å². The Morgan fingerprint density at radius 1 is 0.949 bits per heavy atom. The number of fused-ring (bicyclic) bond motifs is 1. The Kier molecular flexibility index (Phi) is 11.8. The SMILES string of the molecule is C=C1CC=Cc2cc(-c3cccc(C)n3)ccc21.CC.CCC(CCc1ccc(C)cc1)CC1(C)CCCC1. The van der Waals surface area contributed by atoms with Crippen LogP contribution in [0, 0.1) is 25.2 Å². The molecule has 2 aromatic carbocycles. The predicted molar refractivity (Wildman–Crippen MR) is 173 cm³/mol. The molecule has 0 N–H and O–H groups in total. The second-order valence-electron chi connectivity index (χ2n) is 11.7. The van der Waals surface area contributed by atoms with E-state index >= 15 is 0 Å². The van der Waals surface area contributed by atoms with Crippen LogP contribution in [0.1, 0.15) is 107 Å². The summed E-state index contributed by atoms with van der Waals surface area (Å²) in [5.74, 6) is 0.921. The quantitative estimate of drug-likeness (QED) is 0.301. The summed E-state index contributed by atoms with van der Waals surface area (Å²) in [6, 6.07) is 21.7. The lowest BCUT2D eigenvalue weighted by molar-refractivity contribution is 0.233. The number of hydrogen-bond acceptors (Lipinski definition) is 1. The van der Waals surface area contributed by atoms with Gasteiger partial charge in [0.2, 0.25) is 0 Å². The molecule has 1 unspecified atom stereocenters. The number of allylic oxidation sites excluding steroid dienone is 2. The molecule has 0 spiro atoms. The minimum atomic E-state index is 0.661. The Morgan fingerprint density at radius 3 is 2.33 bits per heavy atom. The van der Waals surface area contributed by atoms with Crippen molar-refractivity contribution in [3.63, 3.8) is 0 Å². The first-order valence-corrected chi connectivity index (χ1v) is 15.3. The third-order valence-corrected chi connectivity index (χ3v) is 8.41. The number of nitrogens with zero attached hydrogens (tertiary/aromatic N) is 1. The molecule has 0 radical (unpaired) electrons. The van der Waals surface area contributed by atoms with Gasteiger partial charge in [-0.2, -0.15) is 0 Å². The van der Waals surface area contributed by atoms with Crippen LogP contribution in [0.15, 0.2) is 73.3 Å². The number of pyridine rings is 1. The number of aromatic nitrogens is 1. The maximum absolute atomic E-state index is 4.56. The minimum absolute atomic E-state index is 0.661. The molecule has 1 heterocycles. The van der Waals surface area contributed by atoms with Crippen LogP contribution in [0.2, 0.25) is 0 Å². The molecule has 208 valence electrons. The average Bonchev–Trinajstić information content (AvgIpc) is 3.39. The first kappa shape index (κ1) is 30.6. The zero-order chi connectivity index (χ0) is 28.3. The topological polar surface area (TPSA) is 12.9 Å². The van der Waals surface area contributed by atoms with Gasteiger partial charge in [0.1, 0.15) is 0 Å². The molecule has 1 atom stereocenters. The van der Waals surface area contributed by atoms with Crippen LogP contribution in [0.3, 0.4) is 0 Å². The van der Waals surface area contributed by atoms with Crippen molar-refractivity contribution < 1.29 is 0 Å². The molecule has 5 rings (SSSR count). The van der Waals surface area contributed by atoms with Crippen molar-refractivity contribution in [3.8, 4) is 11.3 Å². The van der Waals surface area contributed by atoms with E-state index in [4.69, 9.17) is 0 Å². The molecule has 0 aliphatic heterocycles. The first-order chi connectivity index (χ1) is 18.8. The summed E-state index contributed by atoms with van der Waals surface area (Å²) >= 11 is 0. The fourth-order valence-electron chi connectivity index (χ4n) is 6.03. The van der Waals surface area contributed by atoms with Crippen LogP contribution >= 0.6 is 0 Å². The van der Waals surface area contributed by atoms with Crippen LogP contribution in [0.5, 0.6) is 0 Å². The van der Waals surface area contributed by atoms with Gasteiger partial charge in [0.15, 0.2) is 0 Å². The highest BCUT2D eigenvalue weighted by atomic mass is 14.7. The Morgan fingerprint density at radius 2 is 1.67 bits per heavy atom. The van der Waals surface area contributed by atoms with Gasteiger partial charge < -0.3 is 0 Å². The van der Waals surface area contributed by atoms with Crippen molar-refractivity contribution in [3.05, 3.63) is 101 Å². The molecular formula is C38H51N. The molecule has 2 aliphatic carbocycles. The van der Waals surface area contributed by atoms with E-state index < -0.39 is 0 Å². The van der Waals surface area contributed by atoms with Crippen LogP contribution in [0.4, 0.5) is 0 Å². The van der Waals surface area contributed by atoms with Crippen molar-refractivity contribution in [1.82, 2.24) is 4.98 Å². The van der Waals surface area contributed by atoms with E-state index in [0.29, 0.717) is 5.41 Å². The zero-order valence-electron chi connectivity index (χ0n) is 25.5. The smallest absolute Gasteiger partial charge is 0.0705 e. The fourth-order valence-corrected chi connectivity index (χ4v) is 6.03. The van der Waals surface area contributed by atoms with Gasteiger partial charge >= 0.3 is 0 Å².